The van der Waals surface area contributed by atoms with Crippen LogP contribution in [0.3, 0.4) is 0 Å². The van der Waals surface area contributed by atoms with E-state index in [0.29, 0.717) is 18.7 Å². The van der Waals surface area contributed by atoms with E-state index in [1.54, 1.807) is 24.3 Å². The van der Waals surface area contributed by atoms with E-state index in [-0.39, 0.29) is 11.8 Å². The summed E-state index contributed by atoms with van der Waals surface area (Å²) < 4.78 is 0. The smallest absolute Gasteiger partial charge is 0.315 e. The van der Waals surface area contributed by atoms with E-state index in [0.717, 1.165) is 11.1 Å². The fourth-order valence-corrected chi connectivity index (χ4v) is 2.52. The molecule has 0 heterocycles. The second-order valence-corrected chi connectivity index (χ2v) is 6.56. The second-order valence-electron chi connectivity index (χ2n) is 6.56. The molecule has 0 radical (unpaired) electrons. The SMILES string of the molecule is CC(C)C(NC(=O)NCc1ccccc1)C(=O)Nc1ccc(CC#N)cc1. The summed E-state index contributed by atoms with van der Waals surface area (Å²) in [5.74, 6) is -0.363. The Balaban J connectivity index is 1.92. The molecule has 1 unspecified atom stereocenters. The average molecular weight is 364 g/mol. The van der Waals surface area contributed by atoms with Gasteiger partial charge < -0.3 is 16.0 Å². The molecule has 0 aromatic heterocycles. The van der Waals surface area contributed by atoms with Crippen LogP contribution in [0.1, 0.15) is 25.0 Å². The molecule has 2 aromatic rings. The molecular weight excluding hydrogens is 340 g/mol. The normalized spacial score (nSPS) is 11.3. The first kappa shape index (κ1) is 20.0. The highest BCUT2D eigenvalue weighted by atomic mass is 16.2. The Morgan fingerprint density at radius 2 is 1.67 bits per heavy atom. The lowest BCUT2D eigenvalue weighted by Gasteiger charge is -2.22. The number of rotatable bonds is 7. The number of anilines is 1. The molecule has 0 aliphatic carbocycles. The number of nitriles is 1. The predicted octanol–water partition coefficient (Wildman–Crippen LogP) is 3.22. The van der Waals surface area contributed by atoms with E-state index in [4.69, 9.17) is 5.26 Å². The molecule has 0 aliphatic heterocycles. The third-order valence-corrected chi connectivity index (χ3v) is 4.04. The van der Waals surface area contributed by atoms with Crippen LogP contribution in [0.15, 0.2) is 54.6 Å². The van der Waals surface area contributed by atoms with Crippen molar-refractivity contribution in [2.45, 2.75) is 32.9 Å². The van der Waals surface area contributed by atoms with Crippen LogP contribution in [-0.4, -0.2) is 18.0 Å². The lowest BCUT2D eigenvalue weighted by atomic mass is 10.0. The van der Waals surface area contributed by atoms with E-state index in [2.05, 4.69) is 22.0 Å². The van der Waals surface area contributed by atoms with Gasteiger partial charge in [0.1, 0.15) is 6.04 Å². The summed E-state index contributed by atoms with van der Waals surface area (Å²) >= 11 is 0. The van der Waals surface area contributed by atoms with Gasteiger partial charge in [-0.25, -0.2) is 4.79 Å². The molecule has 1 atom stereocenters. The first-order valence-electron chi connectivity index (χ1n) is 8.84. The third kappa shape index (κ3) is 6.48. The quantitative estimate of drug-likeness (QED) is 0.704. The lowest BCUT2D eigenvalue weighted by Crippen LogP contribution is -2.50. The Bertz CT molecular complexity index is 795. The van der Waals surface area contributed by atoms with Gasteiger partial charge in [0.15, 0.2) is 0 Å². The van der Waals surface area contributed by atoms with Gasteiger partial charge in [-0.3, -0.25) is 4.79 Å². The minimum Gasteiger partial charge on any atom is -0.334 e. The molecule has 0 saturated carbocycles. The van der Waals surface area contributed by atoms with Crippen molar-refractivity contribution in [1.82, 2.24) is 10.6 Å². The van der Waals surface area contributed by atoms with Crippen LogP contribution in [0.4, 0.5) is 10.5 Å². The van der Waals surface area contributed by atoms with E-state index in [1.165, 1.54) is 0 Å². The van der Waals surface area contributed by atoms with Gasteiger partial charge >= 0.3 is 6.03 Å². The first-order chi connectivity index (χ1) is 13.0. The molecule has 3 N–H and O–H groups in total. The summed E-state index contributed by atoms with van der Waals surface area (Å²) in [6, 6.07) is 17.7. The van der Waals surface area contributed by atoms with Gasteiger partial charge in [0.25, 0.3) is 0 Å². The lowest BCUT2D eigenvalue weighted by molar-refractivity contribution is -0.118. The maximum absolute atomic E-state index is 12.6. The molecule has 2 rings (SSSR count). The Morgan fingerprint density at radius 1 is 1.00 bits per heavy atom. The maximum Gasteiger partial charge on any atom is 0.315 e. The van der Waals surface area contributed by atoms with Crippen molar-refractivity contribution in [3.05, 3.63) is 65.7 Å². The highest BCUT2D eigenvalue weighted by Crippen LogP contribution is 2.12. The van der Waals surface area contributed by atoms with Gasteiger partial charge in [-0.1, -0.05) is 56.3 Å². The molecule has 6 nitrogen and oxygen atoms in total. The molecule has 2 aromatic carbocycles. The molecule has 0 bridgehead atoms. The number of hydrogen-bond donors (Lipinski definition) is 3. The van der Waals surface area contributed by atoms with Crippen LogP contribution < -0.4 is 16.0 Å². The number of carbonyl (C=O) groups is 2. The summed E-state index contributed by atoms with van der Waals surface area (Å²) in [7, 11) is 0. The van der Waals surface area contributed by atoms with Crippen LogP contribution in [0, 0.1) is 17.2 Å². The molecule has 6 heteroatoms. The Hall–Kier alpha value is -3.33. The highest BCUT2D eigenvalue weighted by molar-refractivity contribution is 5.97. The van der Waals surface area contributed by atoms with Crippen LogP contribution in [0.5, 0.6) is 0 Å². The number of nitrogens with zero attached hydrogens (tertiary/aromatic N) is 1. The summed E-state index contributed by atoms with van der Waals surface area (Å²) in [4.78, 5) is 24.7. The summed E-state index contributed by atoms with van der Waals surface area (Å²) in [6.45, 7) is 4.13. The highest BCUT2D eigenvalue weighted by Gasteiger charge is 2.24. The fourth-order valence-electron chi connectivity index (χ4n) is 2.52. The molecular formula is C21H24N4O2. The minimum absolute atomic E-state index is 0.0784. The predicted molar refractivity (Wildman–Crippen MR) is 105 cm³/mol. The van der Waals surface area contributed by atoms with E-state index >= 15 is 0 Å². The van der Waals surface area contributed by atoms with Crippen molar-refractivity contribution < 1.29 is 9.59 Å². The van der Waals surface area contributed by atoms with Crippen molar-refractivity contribution in [2.75, 3.05) is 5.32 Å². The van der Waals surface area contributed by atoms with Crippen LogP contribution in [0.25, 0.3) is 0 Å². The standard InChI is InChI=1S/C21H24N4O2/c1-15(2)19(25-21(27)23-14-17-6-4-3-5-7-17)20(26)24-18-10-8-16(9-11-18)12-13-22/h3-11,15,19H,12,14H2,1-2H3,(H,24,26)(H2,23,25,27). The van der Waals surface area contributed by atoms with Crippen molar-refractivity contribution in [3.8, 4) is 6.07 Å². The van der Waals surface area contributed by atoms with Crippen LogP contribution in [-0.2, 0) is 17.8 Å². The van der Waals surface area contributed by atoms with E-state index in [1.807, 2.05) is 44.2 Å². The molecule has 0 fully saturated rings. The van der Waals surface area contributed by atoms with E-state index < -0.39 is 12.1 Å². The van der Waals surface area contributed by atoms with Gasteiger partial charge in [-0.05, 0) is 29.2 Å². The van der Waals surface area contributed by atoms with Gasteiger partial charge in [0.05, 0.1) is 12.5 Å². The van der Waals surface area contributed by atoms with Gasteiger partial charge in [0, 0.05) is 12.2 Å². The van der Waals surface area contributed by atoms with Crippen molar-refractivity contribution in [1.29, 1.82) is 5.26 Å². The zero-order chi connectivity index (χ0) is 19.6. The van der Waals surface area contributed by atoms with Gasteiger partial charge in [-0.2, -0.15) is 5.26 Å². The van der Waals surface area contributed by atoms with Gasteiger partial charge in [-0.15, -0.1) is 0 Å². The van der Waals surface area contributed by atoms with E-state index in [9.17, 15) is 9.59 Å². The molecule has 0 saturated heterocycles. The summed E-state index contributed by atoms with van der Waals surface area (Å²) in [5.41, 5.74) is 2.49. The molecule has 0 spiro atoms. The molecule has 0 aliphatic rings. The summed E-state index contributed by atoms with van der Waals surface area (Å²) in [6.07, 6.45) is 0.325. The van der Waals surface area contributed by atoms with Crippen molar-refractivity contribution in [3.63, 3.8) is 0 Å². The number of carbonyl (C=O) groups excluding carboxylic acids is 2. The molecule has 27 heavy (non-hydrogen) atoms. The van der Waals surface area contributed by atoms with Crippen LogP contribution in [0.2, 0.25) is 0 Å². The summed E-state index contributed by atoms with van der Waals surface area (Å²) in [5, 5.41) is 17.0. The topological polar surface area (TPSA) is 94.0 Å². The largest absolute Gasteiger partial charge is 0.334 e. The Labute approximate surface area is 159 Å². The molecule has 3 amide bonds. The number of urea groups is 1. The van der Waals surface area contributed by atoms with Crippen molar-refractivity contribution >= 4 is 17.6 Å². The Kier molecular flexibility index (Phi) is 7.38. The zero-order valence-corrected chi connectivity index (χ0v) is 15.5. The number of benzene rings is 2. The first-order valence-corrected chi connectivity index (χ1v) is 8.84. The van der Waals surface area contributed by atoms with Gasteiger partial charge in [0.2, 0.25) is 5.91 Å². The number of nitrogens with one attached hydrogen (secondary N) is 3. The monoisotopic (exact) mass is 364 g/mol. The Morgan fingerprint density at radius 3 is 2.26 bits per heavy atom. The third-order valence-electron chi connectivity index (χ3n) is 4.04. The van der Waals surface area contributed by atoms with Crippen LogP contribution >= 0.6 is 0 Å². The minimum atomic E-state index is -0.667. The number of hydrogen-bond acceptors (Lipinski definition) is 3. The van der Waals surface area contributed by atoms with Crippen molar-refractivity contribution in [2.24, 2.45) is 5.92 Å². The second kappa shape index (κ2) is 9.97. The number of amides is 3. The molecule has 140 valence electrons. The zero-order valence-electron chi connectivity index (χ0n) is 15.5. The maximum atomic E-state index is 12.6. The average Bonchev–Trinajstić information content (AvgIpc) is 2.66. The fraction of sp³-hybridized carbons (Fsp3) is 0.286.